The first kappa shape index (κ1) is 7.98. The molecule has 3 radical (unpaired) electrons. The molecule has 1 rings (SSSR count). The molecule has 0 unspecified atom stereocenters. The molecule has 1 aromatic rings. The normalized spacial score (nSPS) is 7.62. The summed E-state index contributed by atoms with van der Waals surface area (Å²) in [5.74, 6) is 0. The van der Waals surface area contributed by atoms with Crippen molar-refractivity contribution in [2.75, 3.05) is 0 Å². The predicted molar refractivity (Wildman–Crippen MR) is 35.4 cm³/mol. The summed E-state index contributed by atoms with van der Waals surface area (Å²) >= 11 is 1.49. The monoisotopic (exact) mass is 215 g/mol. The van der Waals surface area contributed by atoms with Crippen molar-refractivity contribution < 1.29 is 5.48 Å². The van der Waals surface area contributed by atoms with E-state index in [-0.39, 0.29) is 5.48 Å². The number of hydrogen-bond acceptors (Lipinski definition) is 0. The van der Waals surface area contributed by atoms with Gasteiger partial charge in [0.2, 0.25) is 0 Å². The van der Waals surface area contributed by atoms with Crippen LogP contribution in [0.1, 0.15) is 0 Å². The average Bonchev–Trinajstić information content (AvgIpc) is 1.69. The Labute approximate surface area is 62.1 Å². The van der Waals surface area contributed by atoms with Crippen molar-refractivity contribution in [1.29, 1.82) is 0 Å². The SMILES string of the molecule is O.[Sn][c]1ccccc1. The fourth-order valence-electron chi connectivity index (χ4n) is 0.438. The van der Waals surface area contributed by atoms with Crippen LogP contribution in [-0.2, 0) is 0 Å². The molecule has 0 fully saturated rings. The van der Waals surface area contributed by atoms with Crippen molar-refractivity contribution in [3.8, 4) is 0 Å². The van der Waals surface area contributed by atoms with Crippen LogP contribution < -0.4 is 3.58 Å². The molecule has 0 bridgehead atoms. The van der Waals surface area contributed by atoms with E-state index in [9.17, 15) is 0 Å². The number of benzene rings is 1. The number of hydrogen-bond donors (Lipinski definition) is 0. The van der Waals surface area contributed by atoms with Gasteiger partial charge in [0, 0.05) is 0 Å². The van der Waals surface area contributed by atoms with Crippen LogP contribution in [0.5, 0.6) is 0 Å². The van der Waals surface area contributed by atoms with Crippen molar-refractivity contribution >= 4 is 26.1 Å². The standard InChI is InChI=1S/C6H5.H2O.Sn/c1-2-4-6-5-3-1;;/h1-5H;1H2;. The minimum absolute atomic E-state index is 0. The predicted octanol–water partition coefficient (Wildman–Crippen LogP) is -0.344. The Morgan fingerprint density at radius 1 is 1.00 bits per heavy atom. The zero-order valence-electron chi connectivity index (χ0n) is 4.39. The third-order valence-electron chi connectivity index (χ3n) is 0.774. The fourth-order valence-corrected chi connectivity index (χ4v) is 0.987. The Hall–Kier alpha value is -0.0213. The van der Waals surface area contributed by atoms with Gasteiger partial charge in [0.1, 0.15) is 0 Å². The van der Waals surface area contributed by atoms with E-state index in [0.717, 1.165) is 0 Å². The summed E-state index contributed by atoms with van der Waals surface area (Å²) in [6.45, 7) is 0. The Bertz CT molecular complexity index is 138. The van der Waals surface area contributed by atoms with Gasteiger partial charge in [-0.1, -0.05) is 0 Å². The Morgan fingerprint density at radius 3 is 1.75 bits per heavy atom. The molecule has 0 atom stereocenters. The van der Waals surface area contributed by atoms with Gasteiger partial charge >= 0.3 is 56.4 Å². The molecule has 0 aliphatic heterocycles. The summed E-state index contributed by atoms with van der Waals surface area (Å²) in [6.07, 6.45) is 0. The van der Waals surface area contributed by atoms with E-state index in [1.54, 1.807) is 0 Å². The van der Waals surface area contributed by atoms with Gasteiger partial charge in [-0.15, -0.1) is 0 Å². The fraction of sp³-hybridized carbons (Fsp3) is 0. The molecule has 0 spiro atoms. The van der Waals surface area contributed by atoms with E-state index >= 15 is 0 Å². The molecule has 2 N–H and O–H groups in total. The Balaban J connectivity index is 0.000000490. The van der Waals surface area contributed by atoms with Crippen LogP contribution in [-0.4, -0.2) is 28.0 Å². The van der Waals surface area contributed by atoms with Crippen molar-refractivity contribution in [2.45, 2.75) is 0 Å². The van der Waals surface area contributed by atoms with Gasteiger partial charge in [-0.05, 0) is 0 Å². The molecule has 41 valence electrons. The molecule has 0 aromatic heterocycles. The molecule has 8 heavy (non-hydrogen) atoms. The van der Waals surface area contributed by atoms with Crippen LogP contribution in [0.4, 0.5) is 0 Å². The second-order valence-electron chi connectivity index (χ2n) is 1.37. The molecule has 0 saturated heterocycles. The third-order valence-corrected chi connectivity index (χ3v) is 1.73. The summed E-state index contributed by atoms with van der Waals surface area (Å²) < 4.78 is 1.41. The summed E-state index contributed by atoms with van der Waals surface area (Å²) in [6, 6.07) is 10.4. The van der Waals surface area contributed by atoms with E-state index in [0.29, 0.717) is 0 Å². The van der Waals surface area contributed by atoms with Gasteiger partial charge in [0.25, 0.3) is 0 Å². The second kappa shape index (κ2) is 3.92. The van der Waals surface area contributed by atoms with Crippen LogP contribution in [0.25, 0.3) is 0 Å². The molecule has 0 aliphatic carbocycles. The van der Waals surface area contributed by atoms with Gasteiger partial charge in [0.05, 0.1) is 0 Å². The Morgan fingerprint density at radius 2 is 1.50 bits per heavy atom. The van der Waals surface area contributed by atoms with Gasteiger partial charge < -0.3 is 5.48 Å². The van der Waals surface area contributed by atoms with Crippen molar-refractivity contribution in [2.24, 2.45) is 0 Å². The quantitative estimate of drug-likeness (QED) is 0.529. The molecule has 1 aromatic carbocycles. The van der Waals surface area contributed by atoms with Crippen LogP contribution in [0.2, 0.25) is 0 Å². The van der Waals surface area contributed by atoms with Crippen molar-refractivity contribution in [3.63, 3.8) is 0 Å². The van der Waals surface area contributed by atoms with Gasteiger partial charge in [-0.2, -0.15) is 0 Å². The summed E-state index contributed by atoms with van der Waals surface area (Å²) in [7, 11) is 0. The molecular formula is C6H7OSn. The topological polar surface area (TPSA) is 31.5 Å². The average molecular weight is 214 g/mol. The molecule has 0 saturated carbocycles. The zero-order valence-corrected chi connectivity index (χ0v) is 7.24. The van der Waals surface area contributed by atoms with Crippen LogP contribution in [0, 0.1) is 0 Å². The summed E-state index contributed by atoms with van der Waals surface area (Å²) in [4.78, 5) is 0. The first-order valence-corrected chi connectivity index (χ1v) is 3.59. The van der Waals surface area contributed by atoms with Gasteiger partial charge in [-0.3, -0.25) is 0 Å². The summed E-state index contributed by atoms with van der Waals surface area (Å²) in [5.41, 5.74) is 0. The van der Waals surface area contributed by atoms with Crippen molar-refractivity contribution in [3.05, 3.63) is 30.3 Å². The number of rotatable bonds is 0. The molecule has 0 amide bonds. The van der Waals surface area contributed by atoms with E-state index < -0.39 is 0 Å². The van der Waals surface area contributed by atoms with E-state index in [1.165, 1.54) is 26.1 Å². The van der Waals surface area contributed by atoms with Crippen LogP contribution >= 0.6 is 0 Å². The first-order chi connectivity index (χ1) is 3.39. The Kier molecular flexibility index (Phi) is 3.91. The third kappa shape index (κ3) is 2.33. The first-order valence-electron chi connectivity index (χ1n) is 2.16. The molecule has 2 heteroatoms. The van der Waals surface area contributed by atoms with E-state index in [2.05, 4.69) is 24.3 Å². The van der Waals surface area contributed by atoms with Gasteiger partial charge in [-0.25, -0.2) is 0 Å². The van der Waals surface area contributed by atoms with E-state index in [4.69, 9.17) is 0 Å². The van der Waals surface area contributed by atoms with Crippen LogP contribution in [0.15, 0.2) is 30.3 Å². The molecule has 0 heterocycles. The second-order valence-corrected chi connectivity index (χ2v) is 3.01. The van der Waals surface area contributed by atoms with Gasteiger partial charge in [0.15, 0.2) is 0 Å². The summed E-state index contributed by atoms with van der Waals surface area (Å²) in [5, 5.41) is 0. The van der Waals surface area contributed by atoms with E-state index in [1.807, 2.05) is 6.07 Å². The molecular weight excluding hydrogens is 207 g/mol. The zero-order chi connectivity index (χ0) is 5.11. The maximum absolute atomic E-state index is 2.12. The van der Waals surface area contributed by atoms with Crippen LogP contribution in [0.3, 0.4) is 0 Å². The molecule has 1 nitrogen and oxygen atoms in total. The minimum atomic E-state index is 0. The van der Waals surface area contributed by atoms with Crippen molar-refractivity contribution in [1.82, 2.24) is 0 Å². The maximum atomic E-state index is 2.12. The molecule has 0 aliphatic rings.